The smallest absolute Gasteiger partial charge is 0.234 e. The minimum atomic E-state index is -0.208. The van der Waals surface area contributed by atoms with Gasteiger partial charge in [0.15, 0.2) is 5.78 Å². The van der Waals surface area contributed by atoms with Gasteiger partial charge in [-0.05, 0) is 12.1 Å². The first kappa shape index (κ1) is 13.0. The van der Waals surface area contributed by atoms with E-state index in [1.54, 1.807) is 31.3 Å². The van der Waals surface area contributed by atoms with Gasteiger partial charge in [0, 0.05) is 18.3 Å². The monoisotopic (exact) mass is 253 g/mol. The molecule has 0 bridgehead atoms. The highest BCUT2D eigenvalue weighted by atomic mass is 16.2. The van der Waals surface area contributed by atoms with Crippen molar-refractivity contribution in [2.75, 3.05) is 11.9 Å². The summed E-state index contributed by atoms with van der Waals surface area (Å²) in [6, 6.07) is 18.1. The van der Waals surface area contributed by atoms with Gasteiger partial charge in [0.25, 0.3) is 0 Å². The number of carbonyl (C=O) groups is 2. The molecule has 2 rings (SSSR count). The van der Waals surface area contributed by atoms with Gasteiger partial charge in [-0.1, -0.05) is 48.5 Å². The molecule has 96 valence electrons. The van der Waals surface area contributed by atoms with Gasteiger partial charge in [0.1, 0.15) is 0 Å². The van der Waals surface area contributed by atoms with Gasteiger partial charge in [-0.3, -0.25) is 9.59 Å². The molecule has 0 spiro atoms. The first-order valence-corrected chi connectivity index (χ1v) is 6.08. The van der Waals surface area contributed by atoms with Gasteiger partial charge >= 0.3 is 0 Å². The zero-order valence-corrected chi connectivity index (χ0v) is 10.7. The summed E-state index contributed by atoms with van der Waals surface area (Å²) in [6.45, 7) is 0. The molecule has 2 aromatic rings. The van der Waals surface area contributed by atoms with Crippen molar-refractivity contribution >= 4 is 17.4 Å². The summed E-state index contributed by atoms with van der Waals surface area (Å²) in [5.74, 6) is -0.367. The van der Waals surface area contributed by atoms with Crippen LogP contribution in [0.3, 0.4) is 0 Å². The summed E-state index contributed by atoms with van der Waals surface area (Å²) < 4.78 is 0. The van der Waals surface area contributed by atoms with E-state index in [1.807, 2.05) is 36.4 Å². The van der Waals surface area contributed by atoms with Crippen molar-refractivity contribution in [1.82, 2.24) is 0 Å². The Kier molecular flexibility index (Phi) is 4.08. The van der Waals surface area contributed by atoms with Crippen molar-refractivity contribution in [2.24, 2.45) is 0 Å². The van der Waals surface area contributed by atoms with Crippen LogP contribution in [0.15, 0.2) is 60.7 Å². The first-order valence-electron chi connectivity index (χ1n) is 6.08. The predicted molar refractivity (Wildman–Crippen MR) is 75.2 cm³/mol. The third-order valence-corrected chi connectivity index (χ3v) is 2.93. The van der Waals surface area contributed by atoms with E-state index in [-0.39, 0.29) is 18.1 Å². The third kappa shape index (κ3) is 3.28. The Bertz CT molecular complexity index is 564. The first-order chi connectivity index (χ1) is 9.18. The fraction of sp³-hybridized carbons (Fsp3) is 0.125. The van der Waals surface area contributed by atoms with Gasteiger partial charge < -0.3 is 4.90 Å². The number of hydrogen-bond donors (Lipinski definition) is 0. The number of anilines is 1. The van der Waals surface area contributed by atoms with Gasteiger partial charge in [0.2, 0.25) is 5.91 Å². The van der Waals surface area contributed by atoms with Crippen LogP contribution in [0.25, 0.3) is 0 Å². The summed E-state index contributed by atoms with van der Waals surface area (Å²) in [7, 11) is 1.68. The number of amides is 1. The number of benzene rings is 2. The lowest BCUT2D eigenvalue weighted by atomic mass is 10.1. The molecule has 0 aromatic heterocycles. The van der Waals surface area contributed by atoms with Crippen LogP contribution in [0.2, 0.25) is 0 Å². The molecule has 0 N–H and O–H groups in total. The molecule has 0 aliphatic carbocycles. The maximum absolute atomic E-state index is 12.0. The maximum Gasteiger partial charge on any atom is 0.234 e. The molecule has 3 heteroatoms. The Balaban J connectivity index is 2.04. The number of Topliss-reactive ketones (excluding diaryl/α,β-unsaturated/α-hetero) is 1. The van der Waals surface area contributed by atoms with Crippen LogP contribution in [0.4, 0.5) is 5.69 Å². The average Bonchev–Trinajstić information content (AvgIpc) is 2.48. The molecular formula is C16H15NO2. The van der Waals surface area contributed by atoms with E-state index in [1.165, 1.54) is 4.90 Å². The van der Waals surface area contributed by atoms with Crippen LogP contribution in [0.5, 0.6) is 0 Å². The molecule has 0 aliphatic heterocycles. The van der Waals surface area contributed by atoms with E-state index >= 15 is 0 Å². The maximum atomic E-state index is 12.0. The van der Waals surface area contributed by atoms with Crippen LogP contribution in [0, 0.1) is 0 Å². The fourth-order valence-electron chi connectivity index (χ4n) is 1.78. The predicted octanol–water partition coefficient (Wildman–Crippen LogP) is 2.92. The Morgan fingerprint density at radius 1 is 0.895 bits per heavy atom. The van der Waals surface area contributed by atoms with E-state index in [2.05, 4.69) is 0 Å². The van der Waals surface area contributed by atoms with Crippen molar-refractivity contribution in [1.29, 1.82) is 0 Å². The number of ketones is 1. The van der Waals surface area contributed by atoms with Gasteiger partial charge in [0.05, 0.1) is 6.42 Å². The van der Waals surface area contributed by atoms with E-state index in [4.69, 9.17) is 0 Å². The third-order valence-electron chi connectivity index (χ3n) is 2.93. The van der Waals surface area contributed by atoms with Crippen molar-refractivity contribution < 1.29 is 9.59 Å². The number of hydrogen-bond acceptors (Lipinski definition) is 2. The summed E-state index contributed by atoms with van der Waals surface area (Å²) in [6.07, 6.45) is -0.116. The molecule has 3 nitrogen and oxygen atoms in total. The molecule has 0 radical (unpaired) electrons. The van der Waals surface area contributed by atoms with Gasteiger partial charge in [-0.2, -0.15) is 0 Å². The molecule has 2 aromatic carbocycles. The number of para-hydroxylation sites is 1. The number of rotatable bonds is 4. The summed E-state index contributed by atoms with van der Waals surface area (Å²) >= 11 is 0. The van der Waals surface area contributed by atoms with E-state index < -0.39 is 0 Å². The van der Waals surface area contributed by atoms with E-state index in [0.717, 1.165) is 5.69 Å². The summed E-state index contributed by atoms with van der Waals surface area (Å²) in [4.78, 5) is 25.5. The molecular weight excluding hydrogens is 238 g/mol. The molecule has 0 saturated carbocycles. The minimum Gasteiger partial charge on any atom is -0.315 e. The van der Waals surface area contributed by atoms with E-state index in [9.17, 15) is 9.59 Å². The molecule has 0 unspecified atom stereocenters. The Morgan fingerprint density at radius 2 is 1.42 bits per heavy atom. The molecule has 0 atom stereocenters. The van der Waals surface area contributed by atoms with Crippen molar-refractivity contribution in [3.8, 4) is 0 Å². The normalized spacial score (nSPS) is 9.95. The zero-order chi connectivity index (χ0) is 13.7. The summed E-state index contributed by atoms with van der Waals surface area (Å²) in [5.41, 5.74) is 1.35. The molecule has 19 heavy (non-hydrogen) atoms. The Hall–Kier alpha value is -2.42. The lowest BCUT2D eigenvalue weighted by Crippen LogP contribution is -2.28. The largest absolute Gasteiger partial charge is 0.315 e. The number of nitrogens with zero attached hydrogens (tertiary/aromatic N) is 1. The molecule has 0 heterocycles. The van der Waals surface area contributed by atoms with Crippen LogP contribution in [-0.4, -0.2) is 18.7 Å². The minimum absolute atomic E-state index is 0.116. The Labute approximate surface area is 112 Å². The Morgan fingerprint density at radius 3 is 2.00 bits per heavy atom. The van der Waals surface area contributed by atoms with Crippen molar-refractivity contribution in [3.63, 3.8) is 0 Å². The van der Waals surface area contributed by atoms with Crippen LogP contribution in [0.1, 0.15) is 16.8 Å². The standard InChI is InChI=1S/C16H15NO2/c1-17(14-10-6-3-7-11-14)16(19)12-15(18)13-8-4-2-5-9-13/h2-11H,12H2,1H3. The SMILES string of the molecule is CN(C(=O)CC(=O)c1ccccc1)c1ccccc1. The second kappa shape index (κ2) is 5.96. The molecule has 0 fully saturated rings. The summed E-state index contributed by atoms with van der Waals surface area (Å²) in [5, 5.41) is 0. The molecule has 1 amide bonds. The zero-order valence-electron chi connectivity index (χ0n) is 10.7. The van der Waals surface area contributed by atoms with Gasteiger partial charge in [-0.25, -0.2) is 0 Å². The second-order valence-electron chi connectivity index (χ2n) is 4.25. The van der Waals surface area contributed by atoms with Crippen LogP contribution >= 0.6 is 0 Å². The van der Waals surface area contributed by atoms with Crippen molar-refractivity contribution in [2.45, 2.75) is 6.42 Å². The highest BCUT2D eigenvalue weighted by Gasteiger charge is 2.16. The lowest BCUT2D eigenvalue weighted by molar-refractivity contribution is -0.117. The fourth-order valence-corrected chi connectivity index (χ4v) is 1.78. The quantitative estimate of drug-likeness (QED) is 0.620. The molecule has 0 aliphatic rings. The van der Waals surface area contributed by atoms with E-state index in [0.29, 0.717) is 5.56 Å². The average molecular weight is 253 g/mol. The number of carbonyl (C=O) groups excluding carboxylic acids is 2. The highest BCUT2D eigenvalue weighted by Crippen LogP contribution is 2.13. The lowest BCUT2D eigenvalue weighted by Gasteiger charge is -2.16. The second-order valence-corrected chi connectivity index (χ2v) is 4.25. The van der Waals surface area contributed by atoms with Crippen LogP contribution < -0.4 is 4.90 Å². The van der Waals surface area contributed by atoms with Crippen LogP contribution in [-0.2, 0) is 4.79 Å². The van der Waals surface area contributed by atoms with Crippen molar-refractivity contribution in [3.05, 3.63) is 66.2 Å². The molecule has 0 saturated heterocycles. The highest BCUT2D eigenvalue weighted by molar-refractivity contribution is 6.11. The van der Waals surface area contributed by atoms with Gasteiger partial charge in [-0.15, -0.1) is 0 Å². The topological polar surface area (TPSA) is 37.4 Å².